The third-order valence-electron chi connectivity index (χ3n) is 3.05. The van der Waals surface area contributed by atoms with E-state index in [1.807, 2.05) is 47.9 Å². The van der Waals surface area contributed by atoms with Gasteiger partial charge in [0.2, 0.25) is 5.95 Å². The molecule has 19 heavy (non-hydrogen) atoms. The molecule has 1 aromatic heterocycles. The molecule has 0 bridgehead atoms. The number of aromatic nitrogens is 2. The van der Waals surface area contributed by atoms with E-state index >= 15 is 0 Å². The molecule has 1 heterocycles. The molecular weight excluding hydrogens is 326 g/mol. The van der Waals surface area contributed by atoms with Gasteiger partial charge in [0.25, 0.3) is 0 Å². The number of imidazole rings is 1. The summed E-state index contributed by atoms with van der Waals surface area (Å²) in [5, 5.41) is 0.668. The van der Waals surface area contributed by atoms with Gasteiger partial charge in [-0.2, -0.15) is 0 Å². The van der Waals surface area contributed by atoms with Crippen LogP contribution < -0.4 is 5.73 Å². The Bertz CT molecular complexity index is 780. The van der Waals surface area contributed by atoms with Crippen molar-refractivity contribution in [3.8, 4) is 5.69 Å². The number of rotatable bonds is 1. The summed E-state index contributed by atoms with van der Waals surface area (Å²) in [5.74, 6) is 0.457. The highest BCUT2D eigenvalue weighted by molar-refractivity contribution is 9.10. The van der Waals surface area contributed by atoms with Crippen LogP contribution >= 0.6 is 27.5 Å². The number of aryl methyl sites for hydroxylation is 1. The van der Waals surface area contributed by atoms with Crippen molar-refractivity contribution in [2.75, 3.05) is 5.73 Å². The maximum atomic E-state index is 6.07. The van der Waals surface area contributed by atoms with Crippen molar-refractivity contribution in [2.45, 2.75) is 6.92 Å². The van der Waals surface area contributed by atoms with Gasteiger partial charge in [0.15, 0.2) is 0 Å². The third kappa shape index (κ3) is 2.11. The van der Waals surface area contributed by atoms with Crippen LogP contribution in [-0.4, -0.2) is 9.55 Å². The van der Waals surface area contributed by atoms with Crippen LogP contribution in [-0.2, 0) is 0 Å². The predicted octanol–water partition coefficient (Wildman–Crippen LogP) is 4.33. The Balaban J connectivity index is 2.38. The monoisotopic (exact) mass is 335 g/mol. The second-order valence-electron chi connectivity index (χ2n) is 4.37. The summed E-state index contributed by atoms with van der Waals surface area (Å²) in [5.41, 5.74) is 9.91. The van der Waals surface area contributed by atoms with E-state index in [0.717, 1.165) is 26.8 Å². The minimum absolute atomic E-state index is 0.457. The zero-order valence-electron chi connectivity index (χ0n) is 10.2. The standard InChI is InChI=1S/C14H11BrClN3/c1-8-2-3-9(15)6-12(8)19-13-7-10(16)4-5-11(13)18-14(19)17/h2-7H,1H3,(H2,17,18). The van der Waals surface area contributed by atoms with Gasteiger partial charge in [-0.3, -0.25) is 4.57 Å². The molecule has 0 unspecified atom stereocenters. The second kappa shape index (κ2) is 4.54. The number of nitrogen functional groups attached to an aromatic ring is 1. The zero-order valence-corrected chi connectivity index (χ0v) is 12.5. The van der Waals surface area contributed by atoms with Gasteiger partial charge in [-0.15, -0.1) is 0 Å². The van der Waals surface area contributed by atoms with Crippen LogP contribution in [0.25, 0.3) is 16.7 Å². The van der Waals surface area contributed by atoms with Crippen LogP contribution in [0.4, 0.5) is 5.95 Å². The Labute approximate surface area is 124 Å². The van der Waals surface area contributed by atoms with E-state index in [0.29, 0.717) is 11.0 Å². The summed E-state index contributed by atoms with van der Waals surface area (Å²) < 4.78 is 2.91. The SMILES string of the molecule is Cc1ccc(Br)cc1-n1c(N)nc2ccc(Cl)cc21. The van der Waals surface area contributed by atoms with Gasteiger partial charge in [-0.1, -0.05) is 33.6 Å². The molecule has 0 fully saturated rings. The number of nitrogens with zero attached hydrogens (tertiary/aromatic N) is 2. The number of hydrogen-bond acceptors (Lipinski definition) is 2. The molecule has 3 nitrogen and oxygen atoms in total. The maximum absolute atomic E-state index is 6.07. The van der Waals surface area contributed by atoms with E-state index in [9.17, 15) is 0 Å². The first-order valence-electron chi connectivity index (χ1n) is 5.76. The number of anilines is 1. The molecule has 0 spiro atoms. The van der Waals surface area contributed by atoms with Gasteiger partial charge in [0.1, 0.15) is 0 Å². The van der Waals surface area contributed by atoms with E-state index in [1.54, 1.807) is 0 Å². The Hall–Kier alpha value is -1.52. The average molecular weight is 337 g/mol. The lowest BCUT2D eigenvalue weighted by atomic mass is 10.2. The first kappa shape index (κ1) is 12.5. The second-order valence-corrected chi connectivity index (χ2v) is 5.72. The average Bonchev–Trinajstić information content (AvgIpc) is 2.68. The molecule has 2 N–H and O–H groups in total. The van der Waals surface area contributed by atoms with Crippen molar-refractivity contribution in [2.24, 2.45) is 0 Å². The molecule has 0 saturated carbocycles. The van der Waals surface area contributed by atoms with E-state index in [-0.39, 0.29) is 0 Å². The van der Waals surface area contributed by atoms with Gasteiger partial charge in [0, 0.05) is 9.50 Å². The van der Waals surface area contributed by atoms with Gasteiger partial charge in [0.05, 0.1) is 16.7 Å². The lowest BCUT2D eigenvalue weighted by molar-refractivity contribution is 1.09. The molecule has 0 atom stereocenters. The fraction of sp³-hybridized carbons (Fsp3) is 0.0714. The van der Waals surface area contributed by atoms with Crippen LogP contribution in [0.1, 0.15) is 5.56 Å². The van der Waals surface area contributed by atoms with Crippen molar-refractivity contribution in [3.05, 3.63) is 51.5 Å². The van der Waals surface area contributed by atoms with Crippen molar-refractivity contribution >= 4 is 44.5 Å². The first-order chi connectivity index (χ1) is 9.06. The molecule has 0 radical (unpaired) electrons. The molecule has 3 rings (SSSR count). The molecule has 3 aromatic rings. The molecule has 2 aromatic carbocycles. The highest BCUT2D eigenvalue weighted by Crippen LogP contribution is 2.28. The van der Waals surface area contributed by atoms with Gasteiger partial charge >= 0.3 is 0 Å². The van der Waals surface area contributed by atoms with Gasteiger partial charge in [-0.25, -0.2) is 4.98 Å². The van der Waals surface area contributed by atoms with E-state index in [4.69, 9.17) is 17.3 Å². The van der Waals surface area contributed by atoms with Crippen molar-refractivity contribution < 1.29 is 0 Å². The van der Waals surface area contributed by atoms with E-state index < -0.39 is 0 Å². The molecule has 0 saturated heterocycles. The highest BCUT2D eigenvalue weighted by Gasteiger charge is 2.12. The summed E-state index contributed by atoms with van der Waals surface area (Å²) in [6, 6.07) is 11.6. The molecule has 5 heteroatoms. The minimum Gasteiger partial charge on any atom is -0.369 e. The van der Waals surface area contributed by atoms with Crippen LogP contribution in [0, 0.1) is 6.92 Å². The van der Waals surface area contributed by atoms with Crippen molar-refractivity contribution in [3.63, 3.8) is 0 Å². The molecule has 0 aliphatic rings. The summed E-state index contributed by atoms with van der Waals surface area (Å²) in [6.07, 6.45) is 0. The summed E-state index contributed by atoms with van der Waals surface area (Å²) in [4.78, 5) is 4.37. The van der Waals surface area contributed by atoms with Crippen molar-refractivity contribution in [1.82, 2.24) is 9.55 Å². The van der Waals surface area contributed by atoms with Crippen LogP contribution in [0.5, 0.6) is 0 Å². The lowest BCUT2D eigenvalue weighted by Crippen LogP contribution is -2.02. The van der Waals surface area contributed by atoms with Crippen LogP contribution in [0.15, 0.2) is 40.9 Å². The molecule has 96 valence electrons. The fourth-order valence-corrected chi connectivity index (χ4v) is 2.66. The largest absolute Gasteiger partial charge is 0.369 e. The van der Waals surface area contributed by atoms with E-state index in [2.05, 4.69) is 20.9 Å². The summed E-state index contributed by atoms with van der Waals surface area (Å²) in [7, 11) is 0. The van der Waals surface area contributed by atoms with Crippen LogP contribution in [0.3, 0.4) is 0 Å². The maximum Gasteiger partial charge on any atom is 0.205 e. The number of nitrogens with two attached hydrogens (primary N) is 1. The topological polar surface area (TPSA) is 43.8 Å². The number of fused-ring (bicyclic) bond motifs is 1. The number of hydrogen-bond donors (Lipinski definition) is 1. The Morgan fingerprint density at radius 3 is 2.79 bits per heavy atom. The molecule has 0 amide bonds. The number of benzene rings is 2. The number of halogens is 2. The van der Waals surface area contributed by atoms with Crippen LogP contribution in [0.2, 0.25) is 5.02 Å². The quantitative estimate of drug-likeness (QED) is 0.718. The van der Waals surface area contributed by atoms with Crippen molar-refractivity contribution in [1.29, 1.82) is 0 Å². The normalized spacial score (nSPS) is 11.1. The molecule has 0 aliphatic carbocycles. The van der Waals surface area contributed by atoms with Gasteiger partial charge < -0.3 is 5.73 Å². The summed E-state index contributed by atoms with van der Waals surface area (Å²) >= 11 is 9.55. The van der Waals surface area contributed by atoms with E-state index in [1.165, 1.54) is 0 Å². The molecule has 0 aliphatic heterocycles. The first-order valence-corrected chi connectivity index (χ1v) is 6.93. The fourth-order valence-electron chi connectivity index (χ4n) is 2.14. The Morgan fingerprint density at radius 2 is 2.00 bits per heavy atom. The van der Waals surface area contributed by atoms with Gasteiger partial charge in [-0.05, 0) is 42.8 Å². The zero-order chi connectivity index (χ0) is 13.6. The molecular formula is C14H11BrClN3. The predicted molar refractivity (Wildman–Crippen MR) is 82.9 cm³/mol. The summed E-state index contributed by atoms with van der Waals surface area (Å²) in [6.45, 7) is 2.04. The minimum atomic E-state index is 0.457. The Kier molecular flexibility index (Phi) is 2.99. The highest BCUT2D eigenvalue weighted by atomic mass is 79.9. The Morgan fingerprint density at radius 1 is 1.21 bits per heavy atom. The lowest BCUT2D eigenvalue weighted by Gasteiger charge is -2.10. The smallest absolute Gasteiger partial charge is 0.205 e. The third-order valence-corrected chi connectivity index (χ3v) is 3.78.